The number of ketones is 1. The molecule has 25 heavy (non-hydrogen) atoms. The van der Waals surface area contributed by atoms with Gasteiger partial charge in [0.1, 0.15) is 5.92 Å². The molecule has 1 amide bonds. The van der Waals surface area contributed by atoms with Gasteiger partial charge < -0.3 is 10.1 Å². The van der Waals surface area contributed by atoms with E-state index in [1.807, 2.05) is 6.07 Å². The number of ether oxygens (including phenoxy) is 1. The first kappa shape index (κ1) is 16.6. The molecule has 1 aliphatic heterocycles. The van der Waals surface area contributed by atoms with Crippen LogP contribution in [-0.4, -0.2) is 29.3 Å². The second kappa shape index (κ2) is 7.09. The topological polar surface area (TPSA) is 85.4 Å². The van der Waals surface area contributed by atoms with E-state index >= 15 is 0 Å². The van der Waals surface area contributed by atoms with E-state index in [2.05, 4.69) is 10.3 Å². The minimum absolute atomic E-state index is 0.0342. The maximum Gasteiger partial charge on any atom is 0.337 e. The molecule has 2 aromatic rings. The van der Waals surface area contributed by atoms with Gasteiger partial charge in [0.05, 0.1) is 17.9 Å². The normalized spacial score (nSPS) is 16.5. The van der Waals surface area contributed by atoms with Crippen molar-refractivity contribution in [3.63, 3.8) is 0 Å². The van der Waals surface area contributed by atoms with Crippen molar-refractivity contribution in [1.82, 2.24) is 10.3 Å². The molecule has 0 radical (unpaired) electrons. The summed E-state index contributed by atoms with van der Waals surface area (Å²) < 4.78 is 5.09. The van der Waals surface area contributed by atoms with Gasteiger partial charge in [0.2, 0.25) is 5.91 Å². The highest BCUT2D eigenvalue weighted by molar-refractivity contribution is 6.23. The van der Waals surface area contributed by atoms with Crippen LogP contribution >= 0.6 is 0 Å². The van der Waals surface area contributed by atoms with Gasteiger partial charge in [0, 0.05) is 18.0 Å². The Bertz CT molecular complexity index is 844. The summed E-state index contributed by atoms with van der Waals surface area (Å²) in [5, 5.41) is 2.66. The number of hydrogen-bond acceptors (Lipinski definition) is 5. The molecule has 0 saturated carbocycles. The number of pyridine rings is 1. The van der Waals surface area contributed by atoms with Gasteiger partial charge in [-0.05, 0) is 24.6 Å². The minimum Gasteiger partial charge on any atom is -0.463 e. The number of carbonyl (C=O) groups excluding carboxylic acids is 3. The zero-order chi connectivity index (χ0) is 17.8. The summed E-state index contributed by atoms with van der Waals surface area (Å²) in [6.45, 7) is 1.81. The third-order valence-corrected chi connectivity index (χ3v) is 3.83. The zero-order valence-electron chi connectivity index (χ0n) is 13.6. The molecule has 6 heteroatoms. The molecule has 3 rings (SSSR count). The molecule has 1 aliphatic rings. The van der Waals surface area contributed by atoms with Crippen molar-refractivity contribution in [2.75, 3.05) is 6.61 Å². The van der Waals surface area contributed by atoms with Crippen molar-refractivity contribution in [2.45, 2.75) is 6.92 Å². The Morgan fingerprint density at radius 3 is 2.56 bits per heavy atom. The zero-order valence-corrected chi connectivity index (χ0v) is 13.6. The Morgan fingerprint density at radius 2 is 1.92 bits per heavy atom. The van der Waals surface area contributed by atoms with Crippen LogP contribution in [0.3, 0.4) is 0 Å². The number of aromatic nitrogens is 1. The van der Waals surface area contributed by atoms with E-state index in [9.17, 15) is 14.4 Å². The SMILES string of the molecule is CCOC(=O)C1=C(c2ccccc2)NC(=O)C1C(=O)c1cccnc1. The number of rotatable bonds is 5. The molecular weight excluding hydrogens is 320 g/mol. The predicted molar refractivity (Wildman–Crippen MR) is 90.2 cm³/mol. The minimum atomic E-state index is -1.25. The Balaban J connectivity index is 2.10. The van der Waals surface area contributed by atoms with E-state index in [-0.39, 0.29) is 17.7 Å². The van der Waals surface area contributed by atoms with E-state index in [1.165, 1.54) is 12.4 Å². The molecule has 0 saturated heterocycles. The van der Waals surface area contributed by atoms with Crippen LogP contribution in [0.25, 0.3) is 5.70 Å². The average Bonchev–Trinajstić information content (AvgIpc) is 3.00. The molecule has 126 valence electrons. The number of amides is 1. The Kier molecular flexibility index (Phi) is 4.70. The van der Waals surface area contributed by atoms with Gasteiger partial charge in [0.25, 0.3) is 0 Å². The van der Waals surface area contributed by atoms with Crippen LogP contribution in [0.2, 0.25) is 0 Å². The number of nitrogens with one attached hydrogen (secondary N) is 1. The highest BCUT2D eigenvalue weighted by Crippen LogP contribution is 2.32. The molecule has 0 aliphatic carbocycles. The third kappa shape index (κ3) is 3.19. The van der Waals surface area contributed by atoms with Crippen LogP contribution in [0, 0.1) is 5.92 Å². The lowest BCUT2D eigenvalue weighted by atomic mass is 9.90. The van der Waals surface area contributed by atoms with Crippen LogP contribution in [0.15, 0.2) is 60.4 Å². The number of carbonyl (C=O) groups is 3. The Labute approximate surface area is 144 Å². The molecule has 0 bridgehead atoms. The fourth-order valence-electron chi connectivity index (χ4n) is 2.72. The summed E-state index contributed by atoms with van der Waals surface area (Å²) in [6.07, 6.45) is 2.90. The van der Waals surface area contributed by atoms with Crippen molar-refractivity contribution in [2.24, 2.45) is 5.92 Å². The van der Waals surface area contributed by atoms with Crippen LogP contribution in [-0.2, 0) is 14.3 Å². The van der Waals surface area contributed by atoms with Crippen molar-refractivity contribution in [1.29, 1.82) is 0 Å². The first-order chi connectivity index (χ1) is 12.1. The largest absolute Gasteiger partial charge is 0.463 e. The third-order valence-electron chi connectivity index (χ3n) is 3.83. The van der Waals surface area contributed by atoms with E-state index in [1.54, 1.807) is 43.3 Å². The second-order valence-corrected chi connectivity index (χ2v) is 5.40. The summed E-state index contributed by atoms with van der Waals surface area (Å²) in [5.74, 6) is -2.96. The molecule has 2 heterocycles. The molecular formula is C19H16N2O4. The fraction of sp³-hybridized carbons (Fsp3) is 0.158. The van der Waals surface area contributed by atoms with Crippen molar-refractivity contribution in [3.8, 4) is 0 Å². The molecule has 1 aromatic carbocycles. The van der Waals surface area contributed by atoms with Crippen molar-refractivity contribution in [3.05, 3.63) is 71.6 Å². The number of Topliss-reactive ketones (excluding diaryl/α,β-unsaturated/α-hetero) is 1. The second-order valence-electron chi connectivity index (χ2n) is 5.40. The highest BCUT2D eigenvalue weighted by Gasteiger charge is 2.43. The molecule has 1 atom stereocenters. The van der Waals surface area contributed by atoms with E-state index < -0.39 is 23.6 Å². The molecule has 1 aromatic heterocycles. The molecule has 0 spiro atoms. The number of hydrogen-bond donors (Lipinski definition) is 1. The Morgan fingerprint density at radius 1 is 1.16 bits per heavy atom. The van der Waals surface area contributed by atoms with E-state index in [4.69, 9.17) is 4.74 Å². The monoisotopic (exact) mass is 336 g/mol. The van der Waals surface area contributed by atoms with Crippen LogP contribution in [0.1, 0.15) is 22.8 Å². The maximum atomic E-state index is 12.8. The summed E-state index contributed by atoms with van der Waals surface area (Å²) in [6, 6.07) is 12.1. The first-order valence-corrected chi connectivity index (χ1v) is 7.85. The number of esters is 1. The lowest BCUT2D eigenvalue weighted by Gasteiger charge is -2.11. The van der Waals surface area contributed by atoms with Crippen molar-refractivity contribution < 1.29 is 19.1 Å². The van der Waals surface area contributed by atoms with Crippen LogP contribution in [0.5, 0.6) is 0 Å². The fourth-order valence-corrected chi connectivity index (χ4v) is 2.72. The molecule has 6 nitrogen and oxygen atoms in total. The molecule has 0 fully saturated rings. The summed E-state index contributed by atoms with van der Waals surface area (Å²) in [4.78, 5) is 41.7. The van der Waals surface area contributed by atoms with Gasteiger partial charge >= 0.3 is 5.97 Å². The van der Waals surface area contributed by atoms with Crippen LogP contribution < -0.4 is 5.32 Å². The highest BCUT2D eigenvalue weighted by atomic mass is 16.5. The van der Waals surface area contributed by atoms with Crippen LogP contribution in [0.4, 0.5) is 0 Å². The Hall–Kier alpha value is -3.28. The number of nitrogens with zero attached hydrogens (tertiary/aromatic N) is 1. The van der Waals surface area contributed by atoms with Gasteiger partial charge in [-0.25, -0.2) is 4.79 Å². The van der Waals surface area contributed by atoms with Gasteiger partial charge in [-0.1, -0.05) is 30.3 Å². The first-order valence-electron chi connectivity index (χ1n) is 7.85. The lowest BCUT2D eigenvalue weighted by molar-refractivity contribution is -0.139. The van der Waals surface area contributed by atoms with Gasteiger partial charge in [-0.15, -0.1) is 0 Å². The molecule has 1 N–H and O–H groups in total. The number of benzene rings is 1. The van der Waals surface area contributed by atoms with Gasteiger partial charge in [-0.3, -0.25) is 14.6 Å². The quantitative estimate of drug-likeness (QED) is 0.513. The summed E-state index contributed by atoms with van der Waals surface area (Å²) >= 11 is 0. The van der Waals surface area contributed by atoms with Gasteiger partial charge in [-0.2, -0.15) is 0 Å². The summed E-state index contributed by atoms with van der Waals surface area (Å²) in [5.41, 5.74) is 1.25. The predicted octanol–water partition coefficient (Wildman–Crippen LogP) is 1.98. The maximum absolute atomic E-state index is 12.8. The van der Waals surface area contributed by atoms with E-state index in [0.717, 1.165) is 0 Å². The van der Waals surface area contributed by atoms with Gasteiger partial charge in [0.15, 0.2) is 5.78 Å². The van der Waals surface area contributed by atoms with Crippen molar-refractivity contribution >= 4 is 23.4 Å². The van der Waals surface area contributed by atoms with E-state index in [0.29, 0.717) is 11.3 Å². The molecule has 1 unspecified atom stereocenters. The lowest BCUT2D eigenvalue weighted by Crippen LogP contribution is -2.30. The standard InChI is InChI=1S/C19H16N2O4/c1-2-25-19(24)14-15(17(22)13-9-6-10-20-11-13)18(23)21-16(14)12-7-4-3-5-8-12/h3-11,15H,2H2,1H3,(H,21,23). The summed E-state index contributed by atoms with van der Waals surface area (Å²) in [7, 11) is 0. The smallest absolute Gasteiger partial charge is 0.337 e. The average molecular weight is 336 g/mol.